The summed E-state index contributed by atoms with van der Waals surface area (Å²) in [7, 11) is 0. The minimum Gasteiger partial charge on any atom is -0.368 e. The molecule has 1 saturated heterocycles. The van der Waals surface area contributed by atoms with Crippen LogP contribution in [0.5, 0.6) is 0 Å². The van der Waals surface area contributed by atoms with E-state index in [4.69, 9.17) is 10.5 Å². The van der Waals surface area contributed by atoms with E-state index < -0.39 is 5.91 Å². The van der Waals surface area contributed by atoms with Crippen molar-refractivity contribution in [3.8, 4) is 0 Å². The van der Waals surface area contributed by atoms with Gasteiger partial charge in [-0.2, -0.15) is 0 Å². The highest BCUT2D eigenvalue weighted by Crippen LogP contribution is 2.12. The topological polar surface area (TPSA) is 81.4 Å². The van der Waals surface area contributed by atoms with Crippen molar-refractivity contribution in [2.45, 2.75) is 25.5 Å². The average Bonchev–Trinajstić information content (AvgIpc) is 2.90. The van der Waals surface area contributed by atoms with Gasteiger partial charge in [-0.15, -0.1) is 0 Å². The Kier molecular flexibility index (Phi) is 3.94. The standard InChI is InChI=1S/C13H16N2O3/c14-12(16)10-4-1-3-9(7-10)8-15-13(17)11-5-2-6-18-11/h1,3-4,7,11H,2,5-6,8H2,(H2,14,16)(H,15,17). The molecule has 96 valence electrons. The fourth-order valence-electron chi connectivity index (χ4n) is 1.92. The number of amides is 2. The first-order valence-electron chi connectivity index (χ1n) is 5.95. The fraction of sp³-hybridized carbons (Fsp3) is 0.385. The monoisotopic (exact) mass is 248 g/mol. The van der Waals surface area contributed by atoms with Crippen LogP contribution in [0.3, 0.4) is 0 Å². The molecule has 3 N–H and O–H groups in total. The number of primary amides is 1. The Bertz CT molecular complexity index is 453. The van der Waals surface area contributed by atoms with Gasteiger partial charge in [0.05, 0.1) is 0 Å². The number of carbonyl (C=O) groups excluding carboxylic acids is 2. The number of benzene rings is 1. The van der Waals surface area contributed by atoms with Crippen molar-refractivity contribution < 1.29 is 14.3 Å². The Hall–Kier alpha value is -1.88. The molecule has 0 bridgehead atoms. The third kappa shape index (κ3) is 3.07. The molecule has 1 fully saturated rings. The Morgan fingerprint density at radius 1 is 1.44 bits per heavy atom. The summed E-state index contributed by atoms with van der Waals surface area (Å²) in [6, 6.07) is 6.90. The number of hydrogen-bond donors (Lipinski definition) is 2. The molecule has 1 aliphatic rings. The SMILES string of the molecule is NC(=O)c1cccc(CNC(=O)C2CCCO2)c1. The van der Waals surface area contributed by atoms with E-state index in [1.165, 1.54) is 0 Å². The quantitative estimate of drug-likeness (QED) is 0.817. The van der Waals surface area contributed by atoms with E-state index in [0.29, 0.717) is 18.7 Å². The van der Waals surface area contributed by atoms with Crippen molar-refractivity contribution in [1.29, 1.82) is 0 Å². The minimum absolute atomic E-state index is 0.100. The molecule has 0 spiro atoms. The largest absolute Gasteiger partial charge is 0.368 e. The van der Waals surface area contributed by atoms with E-state index >= 15 is 0 Å². The molecule has 5 heteroatoms. The van der Waals surface area contributed by atoms with Crippen molar-refractivity contribution in [3.05, 3.63) is 35.4 Å². The van der Waals surface area contributed by atoms with E-state index in [1.807, 2.05) is 6.07 Å². The summed E-state index contributed by atoms with van der Waals surface area (Å²) in [6.45, 7) is 1.02. The zero-order chi connectivity index (χ0) is 13.0. The van der Waals surface area contributed by atoms with Gasteiger partial charge >= 0.3 is 0 Å². The van der Waals surface area contributed by atoms with Gasteiger partial charge in [-0.1, -0.05) is 12.1 Å². The number of nitrogens with one attached hydrogen (secondary N) is 1. The van der Waals surface area contributed by atoms with Crippen molar-refractivity contribution in [2.75, 3.05) is 6.61 Å². The number of ether oxygens (including phenoxy) is 1. The molecule has 2 amide bonds. The molecule has 1 heterocycles. The molecule has 5 nitrogen and oxygen atoms in total. The first-order valence-corrected chi connectivity index (χ1v) is 5.95. The number of carbonyl (C=O) groups is 2. The molecule has 0 aromatic heterocycles. The summed E-state index contributed by atoms with van der Waals surface area (Å²) in [5.74, 6) is -0.570. The lowest BCUT2D eigenvalue weighted by atomic mass is 10.1. The van der Waals surface area contributed by atoms with Gasteiger partial charge in [0.2, 0.25) is 11.8 Å². The fourth-order valence-corrected chi connectivity index (χ4v) is 1.92. The van der Waals surface area contributed by atoms with Crippen LogP contribution >= 0.6 is 0 Å². The van der Waals surface area contributed by atoms with Gasteiger partial charge in [-0.3, -0.25) is 9.59 Å². The van der Waals surface area contributed by atoms with Crippen molar-refractivity contribution in [3.63, 3.8) is 0 Å². The summed E-state index contributed by atoms with van der Waals surface area (Å²) >= 11 is 0. The maximum atomic E-state index is 11.7. The van der Waals surface area contributed by atoms with E-state index in [1.54, 1.807) is 18.2 Å². The molecular weight excluding hydrogens is 232 g/mol. The minimum atomic E-state index is -0.470. The predicted octanol–water partition coefficient (Wildman–Crippen LogP) is 0.581. The summed E-state index contributed by atoms with van der Waals surface area (Å²) in [6.07, 6.45) is 1.37. The smallest absolute Gasteiger partial charge is 0.249 e. The normalized spacial score (nSPS) is 18.6. The molecule has 0 aliphatic carbocycles. The molecule has 2 rings (SSSR count). The molecule has 1 atom stereocenters. The lowest BCUT2D eigenvalue weighted by Crippen LogP contribution is -2.33. The van der Waals surface area contributed by atoms with E-state index in [-0.39, 0.29) is 12.0 Å². The van der Waals surface area contributed by atoms with Crippen molar-refractivity contribution in [2.24, 2.45) is 5.73 Å². The maximum Gasteiger partial charge on any atom is 0.249 e. The van der Waals surface area contributed by atoms with Gasteiger partial charge in [-0.05, 0) is 30.5 Å². The van der Waals surface area contributed by atoms with Crippen LogP contribution in [-0.2, 0) is 16.1 Å². The second-order valence-electron chi connectivity index (χ2n) is 4.28. The third-order valence-electron chi connectivity index (χ3n) is 2.90. The van der Waals surface area contributed by atoms with Crippen LogP contribution in [0.4, 0.5) is 0 Å². The second kappa shape index (κ2) is 5.64. The van der Waals surface area contributed by atoms with Gasteiger partial charge < -0.3 is 15.8 Å². The highest BCUT2D eigenvalue weighted by atomic mass is 16.5. The lowest BCUT2D eigenvalue weighted by molar-refractivity contribution is -0.130. The molecule has 1 aromatic rings. The Labute approximate surface area is 105 Å². The predicted molar refractivity (Wildman–Crippen MR) is 65.8 cm³/mol. The molecule has 0 radical (unpaired) electrons. The van der Waals surface area contributed by atoms with Crippen LogP contribution in [0.2, 0.25) is 0 Å². The average molecular weight is 248 g/mol. The van der Waals surface area contributed by atoms with Gasteiger partial charge in [0.25, 0.3) is 0 Å². The zero-order valence-electron chi connectivity index (χ0n) is 10.0. The van der Waals surface area contributed by atoms with Crippen LogP contribution in [-0.4, -0.2) is 24.5 Å². The second-order valence-corrected chi connectivity index (χ2v) is 4.28. The summed E-state index contributed by atoms with van der Waals surface area (Å²) in [5, 5.41) is 2.79. The summed E-state index contributed by atoms with van der Waals surface area (Å²) < 4.78 is 5.28. The van der Waals surface area contributed by atoms with Crippen LogP contribution in [0, 0.1) is 0 Å². The first-order chi connectivity index (χ1) is 8.66. The highest BCUT2D eigenvalue weighted by molar-refractivity contribution is 5.92. The highest BCUT2D eigenvalue weighted by Gasteiger charge is 2.22. The number of hydrogen-bond acceptors (Lipinski definition) is 3. The number of rotatable bonds is 4. The maximum absolute atomic E-state index is 11.7. The van der Waals surface area contributed by atoms with E-state index in [9.17, 15) is 9.59 Å². The van der Waals surface area contributed by atoms with Gasteiger partial charge in [0, 0.05) is 18.7 Å². The van der Waals surface area contributed by atoms with Crippen LogP contribution in [0.15, 0.2) is 24.3 Å². The molecule has 1 unspecified atom stereocenters. The zero-order valence-corrected chi connectivity index (χ0v) is 10.0. The number of nitrogens with two attached hydrogens (primary N) is 1. The van der Waals surface area contributed by atoms with E-state index in [0.717, 1.165) is 18.4 Å². The van der Waals surface area contributed by atoms with Crippen LogP contribution in [0.25, 0.3) is 0 Å². The Morgan fingerprint density at radius 2 is 2.28 bits per heavy atom. The summed E-state index contributed by atoms with van der Waals surface area (Å²) in [5.41, 5.74) is 6.48. The van der Waals surface area contributed by atoms with Crippen LogP contribution < -0.4 is 11.1 Å². The molecule has 1 aromatic carbocycles. The summed E-state index contributed by atoms with van der Waals surface area (Å²) in [4.78, 5) is 22.7. The van der Waals surface area contributed by atoms with Gasteiger partial charge in [-0.25, -0.2) is 0 Å². The van der Waals surface area contributed by atoms with Gasteiger partial charge in [0.1, 0.15) is 6.10 Å². The third-order valence-corrected chi connectivity index (χ3v) is 2.90. The molecular formula is C13H16N2O3. The molecule has 0 saturated carbocycles. The van der Waals surface area contributed by atoms with Gasteiger partial charge in [0.15, 0.2) is 0 Å². The van der Waals surface area contributed by atoms with Crippen molar-refractivity contribution >= 4 is 11.8 Å². The van der Waals surface area contributed by atoms with Crippen LogP contribution in [0.1, 0.15) is 28.8 Å². The van der Waals surface area contributed by atoms with E-state index in [2.05, 4.69) is 5.32 Å². The lowest BCUT2D eigenvalue weighted by Gasteiger charge is -2.10. The molecule has 18 heavy (non-hydrogen) atoms. The Morgan fingerprint density at radius 3 is 2.94 bits per heavy atom. The molecule has 1 aliphatic heterocycles. The first kappa shape index (κ1) is 12.6. The Balaban J connectivity index is 1.91. The van der Waals surface area contributed by atoms with Crippen molar-refractivity contribution in [1.82, 2.24) is 5.32 Å².